The zero-order chi connectivity index (χ0) is 32.9. The minimum atomic E-state index is -0.547. The second kappa shape index (κ2) is 13.9. The van der Waals surface area contributed by atoms with Crippen molar-refractivity contribution in [1.29, 1.82) is 0 Å². The predicted octanol–water partition coefficient (Wildman–Crippen LogP) is 5.78. The van der Waals surface area contributed by atoms with E-state index in [0.29, 0.717) is 28.8 Å². The molecule has 6 rings (SSSR count). The van der Waals surface area contributed by atoms with Crippen LogP contribution in [0.3, 0.4) is 0 Å². The monoisotopic (exact) mass is 671 g/mol. The smallest absolute Gasteiger partial charge is 0.269 e. The summed E-state index contributed by atoms with van der Waals surface area (Å²) in [5.74, 6) is -0.142. The molecule has 12 nitrogen and oxygen atoms in total. The molecule has 238 valence electrons. The molecule has 0 saturated heterocycles. The highest BCUT2D eigenvalue weighted by Crippen LogP contribution is 2.35. The number of non-ortho nitro benzene ring substituents is 1. The number of carbonyl (C=O) groups excluding carboxylic acids is 2. The van der Waals surface area contributed by atoms with E-state index >= 15 is 0 Å². The molecule has 0 saturated carbocycles. The van der Waals surface area contributed by atoms with E-state index in [0.717, 1.165) is 27.9 Å². The van der Waals surface area contributed by atoms with Crippen LogP contribution in [0.15, 0.2) is 101 Å². The van der Waals surface area contributed by atoms with Gasteiger partial charge in [0.2, 0.25) is 0 Å². The normalized spacial score (nSPS) is 14.1. The van der Waals surface area contributed by atoms with Gasteiger partial charge in [-0.3, -0.25) is 24.3 Å². The van der Waals surface area contributed by atoms with Crippen molar-refractivity contribution in [3.8, 4) is 11.4 Å². The van der Waals surface area contributed by atoms with Crippen LogP contribution in [-0.4, -0.2) is 55.1 Å². The quantitative estimate of drug-likeness (QED) is 0.106. The first-order valence-electron chi connectivity index (χ1n) is 14.2. The summed E-state index contributed by atoms with van der Waals surface area (Å²) in [5, 5.41) is 30.8. The molecule has 47 heavy (non-hydrogen) atoms. The summed E-state index contributed by atoms with van der Waals surface area (Å²) in [6, 6.07) is 22.0. The van der Waals surface area contributed by atoms with Gasteiger partial charge in [-0.2, -0.15) is 5.10 Å². The van der Waals surface area contributed by atoms with Gasteiger partial charge in [-0.25, -0.2) is 9.40 Å². The van der Waals surface area contributed by atoms with Crippen molar-refractivity contribution in [3.05, 3.63) is 128 Å². The van der Waals surface area contributed by atoms with Gasteiger partial charge in [-0.15, -0.1) is 21.5 Å². The molecule has 1 aliphatic rings. The number of hydrazone groups is 1. The van der Waals surface area contributed by atoms with Crippen molar-refractivity contribution in [3.63, 3.8) is 0 Å². The Labute approximate surface area is 276 Å². The SMILES string of the molecule is COc1ccc(C2CC(c3cccs3)=NN2C(=O)CSc2nnc(CNC(=O)c3ccc([N+](=O)[O-])cc3)n2-c2ccc(F)cc2)cc1. The first-order valence-corrected chi connectivity index (χ1v) is 16.1. The summed E-state index contributed by atoms with van der Waals surface area (Å²) in [6.07, 6.45) is 0.549. The third kappa shape index (κ3) is 7.05. The number of nitrogens with zero attached hydrogens (tertiary/aromatic N) is 6. The molecule has 1 N–H and O–H groups in total. The Bertz CT molecular complexity index is 1930. The summed E-state index contributed by atoms with van der Waals surface area (Å²) in [5.41, 5.74) is 2.36. The van der Waals surface area contributed by atoms with Gasteiger partial charge in [0.05, 0.1) is 41.0 Å². The fourth-order valence-corrected chi connectivity index (χ4v) is 6.51. The lowest BCUT2D eigenvalue weighted by Gasteiger charge is -2.22. The molecule has 0 bridgehead atoms. The van der Waals surface area contributed by atoms with Crippen molar-refractivity contribution in [2.75, 3.05) is 12.9 Å². The number of benzene rings is 3. The van der Waals surface area contributed by atoms with Crippen molar-refractivity contribution in [1.82, 2.24) is 25.1 Å². The number of halogens is 1. The number of nitro groups is 1. The van der Waals surface area contributed by atoms with E-state index in [-0.39, 0.29) is 35.5 Å². The first-order chi connectivity index (χ1) is 22.8. The summed E-state index contributed by atoms with van der Waals surface area (Å²) >= 11 is 2.70. The van der Waals surface area contributed by atoms with Gasteiger partial charge in [0.25, 0.3) is 17.5 Å². The molecule has 2 aromatic heterocycles. The van der Waals surface area contributed by atoms with Crippen LogP contribution in [0.25, 0.3) is 5.69 Å². The van der Waals surface area contributed by atoms with Crippen LogP contribution in [0.2, 0.25) is 0 Å². The van der Waals surface area contributed by atoms with Gasteiger partial charge >= 0.3 is 0 Å². The number of nitro benzene ring substituents is 1. The lowest BCUT2D eigenvalue weighted by atomic mass is 10.0. The predicted molar refractivity (Wildman–Crippen MR) is 174 cm³/mol. The van der Waals surface area contributed by atoms with Gasteiger partial charge in [0.15, 0.2) is 11.0 Å². The van der Waals surface area contributed by atoms with E-state index < -0.39 is 16.6 Å². The molecule has 15 heteroatoms. The second-order valence-electron chi connectivity index (χ2n) is 10.2. The Balaban J connectivity index is 1.22. The molecule has 1 unspecified atom stereocenters. The number of ether oxygens (including phenoxy) is 1. The summed E-state index contributed by atoms with van der Waals surface area (Å²) < 4.78 is 20.8. The van der Waals surface area contributed by atoms with Crippen molar-refractivity contribution in [2.24, 2.45) is 5.10 Å². The Morgan fingerprint density at radius 2 is 1.81 bits per heavy atom. The molecule has 5 aromatic rings. The van der Waals surface area contributed by atoms with Crippen LogP contribution in [0.1, 0.15) is 39.1 Å². The van der Waals surface area contributed by atoms with Crippen LogP contribution in [0.5, 0.6) is 5.75 Å². The largest absolute Gasteiger partial charge is 0.497 e. The minimum Gasteiger partial charge on any atom is -0.497 e. The molecule has 1 atom stereocenters. The van der Waals surface area contributed by atoms with E-state index in [1.165, 1.54) is 41.4 Å². The number of amides is 2. The topological polar surface area (TPSA) is 145 Å². The number of thioether (sulfide) groups is 1. The third-order valence-electron chi connectivity index (χ3n) is 7.33. The number of aromatic nitrogens is 3. The number of methoxy groups -OCH3 is 1. The Morgan fingerprint density at radius 1 is 1.06 bits per heavy atom. The van der Waals surface area contributed by atoms with Gasteiger partial charge < -0.3 is 10.1 Å². The van der Waals surface area contributed by atoms with Crippen LogP contribution in [0, 0.1) is 15.9 Å². The van der Waals surface area contributed by atoms with Crippen molar-refractivity contribution in [2.45, 2.75) is 24.2 Å². The van der Waals surface area contributed by atoms with E-state index in [1.807, 2.05) is 41.8 Å². The molecule has 1 aliphatic heterocycles. The maximum absolute atomic E-state index is 13.8. The fraction of sp³-hybridized carbons (Fsp3) is 0.156. The molecule has 3 aromatic carbocycles. The standard InChI is InChI=1S/C32H26FN7O5S2/c1-45-25-14-6-20(7-15-25)27-17-26(28-3-2-16-46-28)37-39(27)30(41)19-47-32-36-35-29(38(32)23-12-8-22(33)9-13-23)18-34-31(42)21-4-10-24(11-5-21)40(43)44/h2-16,27H,17-19H2,1H3,(H,34,42). The summed E-state index contributed by atoms with van der Waals surface area (Å²) in [7, 11) is 1.60. The molecule has 0 spiro atoms. The molecular weight excluding hydrogens is 646 g/mol. The molecular formula is C32H26FN7O5S2. The first kappa shape index (κ1) is 31.6. The van der Waals surface area contributed by atoms with E-state index in [4.69, 9.17) is 9.84 Å². The van der Waals surface area contributed by atoms with Crippen LogP contribution >= 0.6 is 23.1 Å². The zero-order valence-electron chi connectivity index (χ0n) is 24.8. The Hall–Kier alpha value is -5.41. The van der Waals surface area contributed by atoms with Crippen molar-refractivity contribution >= 4 is 46.3 Å². The van der Waals surface area contributed by atoms with Gasteiger partial charge in [0, 0.05) is 29.8 Å². The van der Waals surface area contributed by atoms with Crippen LogP contribution < -0.4 is 10.1 Å². The summed E-state index contributed by atoms with van der Waals surface area (Å²) in [6.45, 7) is -0.0607. The Morgan fingerprint density at radius 3 is 2.47 bits per heavy atom. The fourth-order valence-electron chi connectivity index (χ4n) is 4.96. The Kier molecular flexibility index (Phi) is 9.35. The third-order valence-corrected chi connectivity index (χ3v) is 9.16. The average molecular weight is 672 g/mol. The maximum atomic E-state index is 13.8. The van der Waals surface area contributed by atoms with Crippen molar-refractivity contribution < 1.29 is 23.6 Å². The number of rotatable bonds is 11. The molecule has 3 heterocycles. The highest BCUT2D eigenvalue weighted by molar-refractivity contribution is 7.99. The van der Waals surface area contributed by atoms with Gasteiger partial charge in [-0.05, 0) is 65.5 Å². The van der Waals surface area contributed by atoms with E-state index in [9.17, 15) is 24.1 Å². The van der Waals surface area contributed by atoms with Crippen LogP contribution in [0.4, 0.5) is 10.1 Å². The van der Waals surface area contributed by atoms with E-state index in [1.54, 1.807) is 35.1 Å². The molecule has 2 amide bonds. The highest BCUT2D eigenvalue weighted by atomic mass is 32.2. The van der Waals surface area contributed by atoms with Gasteiger partial charge in [0.1, 0.15) is 11.6 Å². The number of hydrogen-bond acceptors (Lipinski definition) is 10. The van der Waals surface area contributed by atoms with E-state index in [2.05, 4.69) is 15.5 Å². The number of thiophene rings is 1. The van der Waals surface area contributed by atoms with Gasteiger partial charge in [-0.1, -0.05) is 30.0 Å². The second-order valence-corrected chi connectivity index (χ2v) is 12.1. The minimum absolute atomic E-state index is 0.0254. The van der Waals surface area contributed by atoms with Crippen LogP contribution in [-0.2, 0) is 11.3 Å². The number of carbonyl (C=O) groups is 2. The molecule has 0 radical (unpaired) electrons. The molecule has 0 aliphatic carbocycles. The maximum Gasteiger partial charge on any atom is 0.269 e. The highest BCUT2D eigenvalue weighted by Gasteiger charge is 2.34. The number of hydrogen-bond donors (Lipinski definition) is 1. The average Bonchev–Trinajstić information content (AvgIpc) is 3.87. The summed E-state index contributed by atoms with van der Waals surface area (Å²) in [4.78, 5) is 37.9. The lowest BCUT2D eigenvalue weighted by molar-refractivity contribution is -0.384. The number of nitrogens with one attached hydrogen (secondary N) is 1. The molecule has 0 fully saturated rings. The zero-order valence-corrected chi connectivity index (χ0v) is 26.4. The lowest BCUT2D eigenvalue weighted by Crippen LogP contribution is -2.28.